The van der Waals surface area contributed by atoms with Gasteiger partial charge in [0.25, 0.3) is 0 Å². The summed E-state index contributed by atoms with van der Waals surface area (Å²) in [4.78, 5) is 41.5. The van der Waals surface area contributed by atoms with E-state index in [4.69, 9.17) is 4.74 Å². The van der Waals surface area contributed by atoms with E-state index in [1.54, 1.807) is 40.0 Å². The molecule has 0 fully saturated rings. The Morgan fingerprint density at radius 2 is 1.57 bits per heavy atom. The van der Waals surface area contributed by atoms with Crippen LogP contribution in [0.15, 0.2) is 42.5 Å². The Labute approximate surface area is 220 Å². The number of ether oxygens (including phenoxy) is 1. The van der Waals surface area contributed by atoms with E-state index in [1.165, 1.54) is 17.0 Å². The molecule has 2 rings (SSSR count). The van der Waals surface area contributed by atoms with Crippen LogP contribution in [0.25, 0.3) is 0 Å². The maximum atomic E-state index is 13.9. The van der Waals surface area contributed by atoms with E-state index in [-0.39, 0.29) is 18.1 Å². The Morgan fingerprint density at radius 1 is 0.973 bits per heavy atom. The Balaban J connectivity index is 2.49. The van der Waals surface area contributed by atoms with E-state index < -0.39 is 35.2 Å². The number of rotatable bonds is 7. The maximum absolute atomic E-state index is 13.9. The Morgan fingerprint density at radius 3 is 2.11 bits per heavy atom. The average molecular weight is 512 g/mol. The lowest BCUT2D eigenvalue weighted by molar-refractivity contribution is -0.141. The zero-order chi connectivity index (χ0) is 28.1. The molecule has 0 saturated carbocycles. The van der Waals surface area contributed by atoms with Crippen LogP contribution in [0.1, 0.15) is 69.8 Å². The number of alkyl carbamates (subject to hydrolysis) is 1. The number of nitrogens with zero attached hydrogens (tertiary/aromatic N) is 1. The van der Waals surface area contributed by atoms with Crippen molar-refractivity contribution in [3.63, 3.8) is 0 Å². The van der Waals surface area contributed by atoms with Gasteiger partial charge in [-0.25, -0.2) is 4.79 Å². The second kappa shape index (κ2) is 11.7. The molecule has 202 valence electrons. The fourth-order valence-electron chi connectivity index (χ4n) is 3.92. The number of phenols is 1. The number of aromatic hydroxyl groups is 1. The molecule has 2 atom stereocenters. The second-order valence-electron chi connectivity index (χ2n) is 11.4. The molecular weight excluding hydrogens is 470 g/mol. The molecule has 0 aromatic heterocycles. The fraction of sp³-hybridized carbons (Fsp3) is 0.483. The third-order valence-corrected chi connectivity index (χ3v) is 5.79. The first kappa shape index (κ1) is 29.7. The van der Waals surface area contributed by atoms with Crippen LogP contribution >= 0.6 is 0 Å². The molecule has 2 aromatic rings. The van der Waals surface area contributed by atoms with Crippen molar-refractivity contribution in [2.24, 2.45) is 0 Å². The third kappa shape index (κ3) is 8.81. The van der Waals surface area contributed by atoms with Gasteiger partial charge in [0.15, 0.2) is 0 Å². The minimum absolute atomic E-state index is 0.0951. The molecule has 0 saturated heterocycles. The first-order valence-corrected chi connectivity index (χ1v) is 12.4. The van der Waals surface area contributed by atoms with Crippen LogP contribution in [0.2, 0.25) is 0 Å². The zero-order valence-electron chi connectivity index (χ0n) is 23.4. The quantitative estimate of drug-likeness (QED) is 0.505. The van der Waals surface area contributed by atoms with Crippen LogP contribution in [0.5, 0.6) is 5.75 Å². The number of aryl methyl sites for hydroxylation is 1. The molecule has 0 aliphatic rings. The van der Waals surface area contributed by atoms with Crippen molar-refractivity contribution in [2.45, 2.75) is 85.0 Å². The van der Waals surface area contributed by atoms with Crippen LogP contribution in [0.4, 0.5) is 4.79 Å². The van der Waals surface area contributed by atoms with Crippen molar-refractivity contribution >= 4 is 17.9 Å². The maximum Gasteiger partial charge on any atom is 0.408 e. The molecule has 0 aliphatic carbocycles. The smallest absolute Gasteiger partial charge is 0.408 e. The van der Waals surface area contributed by atoms with Gasteiger partial charge in [-0.3, -0.25) is 9.59 Å². The Kier molecular flexibility index (Phi) is 9.36. The van der Waals surface area contributed by atoms with Gasteiger partial charge < -0.3 is 25.4 Å². The van der Waals surface area contributed by atoms with E-state index in [1.807, 2.05) is 52.8 Å². The Hall–Kier alpha value is -3.55. The summed E-state index contributed by atoms with van der Waals surface area (Å²) in [5.74, 6) is -0.677. The zero-order valence-corrected chi connectivity index (χ0v) is 23.4. The van der Waals surface area contributed by atoms with Gasteiger partial charge in [0, 0.05) is 19.0 Å². The van der Waals surface area contributed by atoms with Crippen LogP contribution in [-0.2, 0) is 20.7 Å². The van der Waals surface area contributed by atoms with Gasteiger partial charge in [-0.05, 0) is 89.8 Å². The minimum atomic E-state index is -1.01. The predicted octanol–water partition coefficient (Wildman–Crippen LogP) is 4.56. The average Bonchev–Trinajstić information content (AvgIpc) is 2.74. The highest BCUT2D eigenvalue weighted by Gasteiger charge is 2.36. The monoisotopic (exact) mass is 511 g/mol. The van der Waals surface area contributed by atoms with Crippen molar-refractivity contribution in [1.82, 2.24) is 15.5 Å². The number of phenolic OH excluding ortho intramolecular Hbond substituents is 1. The van der Waals surface area contributed by atoms with Gasteiger partial charge in [-0.15, -0.1) is 0 Å². The van der Waals surface area contributed by atoms with E-state index in [9.17, 15) is 19.5 Å². The normalized spacial score (nSPS) is 13.3. The number of amides is 3. The predicted molar refractivity (Wildman–Crippen MR) is 144 cm³/mol. The van der Waals surface area contributed by atoms with Crippen molar-refractivity contribution < 1.29 is 24.2 Å². The van der Waals surface area contributed by atoms with Gasteiger partial charge in [0.2, 0.25) is 11.8 Å². The van der Waals surface area contributed by atoms with E-state index in [0.29, 0.717) is 5.56 Å². The third-order valence-electron chi connectivity index (χ3n) is 5.79. The molecule has 0 heterocycles. The number of hydrogen-bond acceptors (Lipinski definition) is 5. The topological polar surface area (TPSA) is 108 Å². The van der Waals surface area contributed by atoms with E-state index in [0.717, 1.165) is 16.7 Å². The van der Waals surface area contributed by atoms with Crippen LogP contribution < -0.4 is 10.6 Å². The lowest BCUT2D eigenvalue weighted by Crippen LogP contribution is -2.54. The highest BCUT2D eigenvalue weighted by atomic mass is 16.6. The van der Waals surface area contributed by atoms with Crippen molar-refractivity contribution in [2.75, 3.05) is 7.05 Å². The van der Waals surface area contributed by atoms with Crippen LogP contribution in [0.3, 0.4) is 0 Å². The van der Waals surface area contributed by atoms with Gasteiger partial charge in [-0.1, -0.05) is 30.3 Å². The number of hydrogen-bond donors (Lipinski definition) is 3. The molecule has 3 N–H and O–H groups in total. The van der Waals surface area contributed by atoms with Crippen LogP contribution in [-0.4, -0.2) is 52.1 Å². The Bertz CT molecular complexity index is 1110. The summed E-state index contributed by atoms with van der Waals surface area (Å²) < 4.78 is 5.41. The lowest BCUT2D eigenvalue weighted by atomic mass is 9.94. The summed E-state index contributed by atoms with van der Waals surface area (Å²) in [6.45, 7) is 14.7. The molecule has 0 bridgehead atoms. The molecule has 0 spiro atoms. The van der Waals surface area contributed by atoms with Gasteiger partial charge in [0.1, 0.15) is 23.4 Å². The van der Waals surface area contributed by atoms with E-state index in [2.05, 4.69) is 10.6 Å². The summed E-state index contributed by atoms with van der Waals surface area (Å²) in [7, 11) is 1.57. The number of likely N-dealkylation sites (N-methyl/N-ethyl adjacent to an activating group) is 1. The number of carbonyl (C=O) groups is 3. The molecule has 8 heteroatoms. The van der Waals surface area contributed by atoms with Crippen molar-refractivity contribution in [3.8, 4) is 5.75 Å². The number of benzene rings is 2. The highest BCUT2D eigenvalue weighted by molar-refractivity contribution is 5.92. The van der Waals surface area contributed by atoms with Crippen molar-refractivity contribution in [1.29, 1.82) is 0 Å². The molecule has 2 aromatic carbocycles. The first-order valence-electron chi connectivity index (χ1n) is 12.4. The van der Waals surface area contributed by atoms with Gasteiger partial charge in [0.05, 0.1) is 0 Å². The van der Waals surface area contributed by atoms with Gasteiger partial charge in [-0.2, -0.15) is 0 Å². The summed E-state index contributed by atoms with van der Waals surface area (Å²) >= 11 is 0. The molecule has 0 radical (unpaired) electrons. The summed E-state index contributed by atoms with van der Waals surface area (Å²) in [6, 6.07) is 10.1. The minimum Gasteiger partial charge on any atom is -0.508 e. The second-order valence-corrected chi connectivity index (χ2v) is 11.4. The summed E-state index contributed by atoms with van der Waals surface area (Å²) in [6.07, 6.45) is -0.594. The molecule has 0 aliphatic heterocycles. The molecule has 37 heavy (non-hydrogen) atoms. The molecule has 3 amide bonds. The summed E-state index contributed by atoms with van der Waals surface area (Å²) in [5.41, 5.74) is 2.07. The standard InChI is InChI=1S/C29H41N3O5/c1-18-11-10-12-22(19(18)2)24(25(34)31-28(3,4)5)32(9)26(35)23(30-27(36)37-29(6,7)8)17-20-13-15-21(33)16-14-20/h10-16,23-24,33H,17H2,1-9H3,(H,30,36)(H,31,34). The summed E-state index contributed by atoms with van der Waals surface area (Å²) in [5, 5.41) is 15.3. The molecule has 2 unspecified atom stereocenters. The highest BCUT2D eigenvalue weighted by Crippen LogP contribution is 2.27. The van der Waals surface area contributed by atoms with E-state index >= 15 is 0 Å². The number of carbonyl (C=O) groups excluding carboxylic acids is 3. The lowest BCUT2D eigenvalue weighted by Gasteiger charge is -2.34. The molecule has 8 nitrogen and oxygen atoms in total. The van der Waals surface area contributed by atoms with Gasteiger partial charge >= 0.3 is 6.09 Å². The van der Waals surface area contributed by atoms with Crippen molar-refractivity contribution in [3.05, 3.63) is 64.7 Å². The first-order chi connectivity index (χ1) is 17.0. The largest absolute Gasteiger partial charge is 0.508 e. The van der Waals surface area contributed by atoms with Crippen LogP contribution in [0, 0.1) is 13.8 Å². The fourth-order valence-corrected chi connectivity index (χ4v) is 3.92. The molecular formula is C29H41N3O5. The SMILES string of the molecule is Cc1cccc(C(C(=O)NC(C)(C)C)N(C)C(=O)C(Cc2ccc(O)cc2)NC(=O)OC(C)(C)C)c1C. The number of nitrogens with one attached hydrogen (secondary N) is 2.